The van der Waals surface area contributed by atoms with Crippen LogP contribution in [0.25, 0.3) is 0 Å². The number of halogens is 2. The number of benzene rings is 2. The predicted molar refractivity (Wildman–Crippen MR) is 106 cm³/mol. The van der Waals surface area contributed by atoms with E-state index in [0.717, 1.165) is 5.56 Å². The average molecular weight is 419 g/mol. The molecule has 0 aliphatic heterocycles. The highest BCUT2D eigenvalue weighted by atomic mass is 35.5. The van der Waals surface area contributed by atoms with E-state index in [-0.39, 0.29) is 12.2 Å². The van der Waals surface area contributed by atoms with E-state index < -0.39 is 22.8 Å². The second-order valence-electron chi connectivity index (χ2n) is 5.74. The summed E-state index contributed by atoms with van der Waals surface area (Å²) in [6.07, 6.45) is 0. The smallest absolute Gasteiger partial charge is 0.356 e. The van der Waals surface area contributed by atoms with E-state index >= 15 is 0 Å². The fourth-order valence-corrected chi connectivity index (χ4v) is 3.73. The van der Waals surface area contributed by atoms with Crippen molar-refractivity contribution >= 4 is 34.4 Å². The Hall–Kier alpha value is -2.77. The lowest BCUT2D eigenvalue weighted by atomic mass is 10.2. The number of ether oxygens (including phenoxy) is 1. The summed E-state index contributed by atoms with van der Waals surface area (Å²) in [4.78, 5) is 16.5. The monoisotopic (exact) mass is 418 g/mol. The Morgan fingerprint density at radius 2 is 1.79 bits per heavy atom. The number of hydrogen-bond donors (Lipinski definition) is 0. The average Bonchev–Trinajstić information content (AvgIpc) is 2.73. The lowest BCUT2D eigenvalue weighted by molar-refractivity contribution is 0.0594. The van der Waals surface area contributed by atoms with Crippen LogP contribution in [-0.4, -0.2) is 22.3 Å². The number of carbonyl (C=O) groups is 1. The molecule has 0 N–H and O–H groups in total. The second kappa shape index (κ2) is 8.95. The van der Waals surface area contributed by atoms with Crippen LogP contribution in [0.15, 0.2) is 71.6 Å². The molecular formula is C20H16ClFN2O3S. The van der Waals surface area contributed by atoms with Crippen LogP contribution in [0, 0.1) is 5.82 Å². The van der Waals surface area contributed by atoms with Crippen molar-refractivity contribution < 1.29 is 18.1 Å². The third-order valence-corrected chi connectivity index (χ3v) is 5.48. The number of hydrogen-bond acceptors (Lipinski definition) is 4. The molecule has 3 rings (SSSR count). The quantitative estimate of drug-likeness (QED) is 0.557. The Morgan fingerprint density at radius 3 is 2.43 bits per heavy atom. The Bertz CT molecular complexity index is 997. The van der Waals surface area contributed by atoms with Gasteiger partial charge < -0.3 is 4.74 Å². The summed E-state index contributed by atoms with van der Waals surface area (Å²) in [6, 6.07) is 17.2. The van der Waals surface area contributed by atoms with Crippen molar-refractivity contribution in [1.29, 1.82) is 0 Å². The van der Waals surface area contributed by atoms with Crippen molar-refractivity contribution in [3.63, 3.8) is 0 Å². The summed E-state index contributed by atoms with van der Waals surface area (Å²) in [5.41, 5.74) is 0.933. The fourth-order valence-electron chi connectivity index (χ4n) is 2.44. The molecule has 5 nitrogen and oxygen atoms in total. The number of methoxy groups -OCH3 is 1. The molecule has 3 aromatic rings. The van der Waals surface area contributed by atoms with Gasteiger partial charge in [-0.15, -0.1) is 0 Å². The van der Waals surface area contributed by atoms with Crippen molar-refractivity contribution in [2.75, 3.05) is 11.4 Å². The number of nitrogens with zero attached hydrogens (tertiary/aromatic N) is 2. The standard InChI is InChI=1S/C20H16ClFN2O3S/c1-27-20(25)18-3-2-4-19(23-18)24(13-14-5-7-15(21)8-6-14)28(26)17-11-9-16(22)10-12-17/h2-12H,13H2,1H3. The minimum absolute atomic E-state index is 0.0946. The number of rotatable bonds is 6. The highest BCUT2D eigenvalue weighted by molar-refractivity contribution is 7.86. The third-order valence-electron chi connectivity index (χ3n) is 3.84. The first-order valence-corrected chi connectivity index (χ1v) is 9.71. The van der Waals surface area contributed by atoms with Crippen LogP contribution in [0.5, 0.6) is 0 Å². The van der Waals surface area contributed by atoms with Crippen molar-refractivity contribution in [3.8, 4) is 0 Å². The number of aromatic nitrogens is 1. The molecule has 1 atom stereocenters. The molecule has 0 spiro atoms. The SMILES string of the molecule is COC(=O)c1cccc(N(Cc2ccc(Cl)cc2)S(=O)c2ccc(F)cc2)n1. The maximum atomic E-state index is 13.3. The molecule has 144 valence electrons. The van der Waals surface area contributed by atoms with Gasteiger partial charge in [0.15, 0.2) is 16.7 Å². The van der Waals surface area contributed by atoms with E-state index in [4.69, 9.17) is 16.3 Å². The molecule has 1 heterocycles. The summed E-state index contributed by atoms with van der Waals surface area (Å²) in [5, 5.41) is 0.584. The first-order valence-electron chi connectivity index (χ1n) is 8.23. The summed E-state index contributed by atoms with van der Waals surface area (Å²) in [7, 11) is -0.428. The van der Waals surface area contributed by atoms with E-state index in [1.54, 1.807) is 36.4 Å². The first kappa shape index (κ1) is 20.0. The predicted octanol–water partition coefficient (Wildman–Crippen LogP) is 4.39. The lowest BCUT2D eigenvalue weighted by Gasteiger charge is -2.23. The molecule has 0 saturated carbocycles. The van der Waals surface area contributed by atoms with Crippen LogP contribution in [0.3, 0.4) is 0 Å². The molecule has 0 radical (unpaired) electrons. The zero-order valence-electron chi connectivity index (χ0n) is 14.8. The Kier molecular flexibility index (Phi) is 6.38. The molecule has 0 amide bonds. The van der Waals surface area contributed by atoms with Gasteiger partial charge in [-0.3, -0.25) is 4.31 Å². The van der Waals surface area contributed by atoms with E-state index in [9.17, 15) is 13.4 Å². The van der Waals surface area contributed by atoms with Crippen LogP contribution < -0.4 is 4.31 Å². The summed E-state index contributed by atoms with van der Waals surface area (Å²) < 4.78 is 32.7. The van der Waals surface area contributed by atoms with Crippen molar-refractivity contribution in [1.82, 2.24) is 4.98 Å². The van der Waals surface area contributed by atoms with E-state index in [1.165, 1.54) is 41.7 Å². The summed E-state index contributed by atoms with van der Waals surface area (Å²) >= 11 is 5.94. The van der Waals surface area contributed by atoms with Crippen LogP contribution in [0.2, 0.25) is 5.02 Å². The van der Waals surface area contributed by atoms with Gasteiger partial charge in [0.1, 0.15) is 11.6 Å². The molecule has 0 fully saturated rings. The largest absolute Gasteiger partial charge is 0.464 e. The van der Waals surface area contributed by atoms with Crippen LogP contribution in [0.4, 0.5) is 10.2 Å². The Morgan fingerprint density at radius 1 is 1.11 bits per heavy atom. The molecule has 2 aromatic carbocycles. The van der Waals surface area contributed by atoms with Gasteiger partial charge in [0, 0.05) is 5.02 Å². The van der Waals surface area contributed by atoms with Gasteiger partial charge in [-0.25, -0.2) is 18.4 Å². The number of carbonyl (C=O) groups excluding carboxylic acids is 1. The van der Waals surface area contributed by atoms with Crippen molar-refractivity contribution in [3.05, 3.63) is 88.8 Å². The zero-order chi connectivity index (χ0) is 20.1. The highest BCUT2D eigenvalue weighted by Crippen LogP contribution is 2.23. The van der Waals surface area contributed by atoms with Crippen LogP contribution >= 0.6 is 11.6 Å². The molecule has 0 aliphatic carbocycles. The third kappa shape index (κ3) is 4.74. The molecule has 1 unspecified atom stereocenters. The van der Waals surface area contributed by atoms with Gasteiger partial charge in [-0.05, 0) is 54.1 Å². The molecule has 1 aromatic heterocycles. The summed E-state index contributed by atoms with van der Waals surface area (Å²) in [6.45, 7) is 0.235. The first-order chi connectivity index (χ1) is 13.5. The van der Waals surface area contributed by atoms with Crippen molar-refractivity contribution in [2.45, 2.75) is 11.4 Å². The molecule has 8 heteroatoms. The van der Waals surface area contributed by atoms with Crippen LogP contribution in [-0.2, 0) is 22.3 Å². The maximum Gasteiger partial charge on any atom is 0.356 e. The van der Waals surface area contributed by atoms with Gasteiger partial charge in [-0.1, -0.05) is 29.8 Å². The van der Waals surface area contributed by atoms with Gasteiger partial charge >= 0.3 is 5.97 Å². The second-order valence-corrected chi connectivity index (χ2v) is 7.59. The highest BCUT2D eigenvalue weighted by Gasteiger charge is 2.20. The maximum absolute atomic E-state index is 13.3. The molecular weight excluding hydrogens is 403 g/mol. The Balaban J connectivity index is 2.00. The van der Waals surface area contributed by atoms with E-state index in [0.29, 0.717) is 15.7 Å². The number of esters is 1. The van der Waals surface area contributed by atoms with Gasteiger partial charge in [0.25, 0.3) is 0 Å². The minimum Gasteiger partial charge on any atom is -0.464 e. The molecule has 28 heavy (non-hydrogen) atoms. The molecule has 0 saturated heterocycles. The minimum atomic E-state index is -1.69. The van der Waals surface area contributed by atoms with Crippen molar-refractivity contribution in [2.24, 2.45) is 0 Å². The molecule has 0 bridgehead atoms. The van der Waals surface area contributed by atoms with Gasteiger partial charge in [0.2, 0.25) is 0 Å². The van der Waals surface area contributed by atoms with Gasteiger partial charge in [0.05, 0.1) is 18.6 Å². The van der Waals surface area contributed by atoms with E-state index in [2.05, 4.69) is 4.98 Å². The van der Waals surface area contributed by atoms with E-state index in [1.807, 2.05) is 0 Å². The van der Waals surface area contributed by atoms with Crippen LogP contribution in [0.1, 0.15) is 16.1 Å². The normalized spacial score (nSPS) is 11.7. The fraction of sp³-hybridized carbons (Fsp3) is 0.100. The molecule has 0 aliphatic rings. The topological polar surface area (TPSA) is 59.5 Å². The number of anilines is 1. The Labute approximate surface area is 169 Å². The number of pyridine rings is 1. The zero-order valence-corrected chi connectivity index (χ0v) is 16.4. The van der Waals surface area contributed by atoms with Gasteiger partial charge in [-0.2, -0.15) is 0 Å². The summed E-state index contributed by atoms with van der Waals surface area (Å²) in [5.74, 6) is -0.697. The lowest BCUT2D eigenvalue weighted by Crippen LogP contribution is -2.27.